The second-order valence-corrected chi connectivity index (χ2v) is 6.12. The van der Waals surface area contributed by atoms with Gasteiger partial charge < -0.3 is 13.8 Å². The van der Waals surface area contributed by atoms with Crippen molar-refractivity contribution in [3.63, 3.8) is 0 Å². The first-order valence-corrected chi connectivity index (χ1v) is 8.77. The van der Waals surface area contributed by atoms with Gasteiger partial charge in [-0.1, -0.05) is 11.2 Å². The number of nitrogens with zero attached hydrogens (tertiary/aromatic N) is 3. The molecule has 3 aromatic heterocycles. The monoisotopic (exact) mass is 343 g/mol. The van der Waals surface area contributed by atoms with Crippen LogP contribution in [0.3, 0.4) is 0 Å². The molecular weight excluding hydrogens is 326 g/mol. The predicted molar refractivity (Wildman–Crippen MR) is 91.5 cm³/mol. The number of carbonyl (C=O) groups is 1. The Morgan fingerprint density at radius 2 is 2.08 bits per heavy atom. The number of hydrogen-bond donors (Lipinski definition) is 0. The molecule has 0 unspecified atom stereocenters. The number of hydrogen-bond acceptors (Lipinski definition) is 6. The summed E-state index contributed by atoms with van der Waals surface area (Å²) in [5.74, 6) is 2.25. The molecule has 3 rings (SSSR count). The molecule has 6 nitrogen and oxygen atoms in total. The summed E-state index contributed by atoms with van der Waals surface area (Å²) in [5.41, 5.74) is 1.38. The number of carbonyl (C=O) groups excluding carboxylic acids is 1. The van der Waals surface area contributed by atoms with E-state index < -0.39 is 0 Å². The van der Waals surface area contributed by atoms with Crippen LogP contribution in [0.5, 0.6) is 0 Å². The van der Waals surface area contributed by atoms with E-state index in [0.29, 0.717) is 23.8 Å². The smallest absolute Gasteiger partial charge is 0.289 e. The van der Waals surface area contributed by atoms with Gasteiger partial charge in [0.25, 0.3) is 5.91 Å². The summed E-state index contributed by atoms with van der Waals surface area (Å²) in [5, 5.41) is 4.00. The van der Waals surface area contributed by atoms with Gasteiger partial charge in [0.15, 0.2) is 11.5 Å². The zero-order valence-corrected chi connectivity index (χ0v) is 14.2. The number of amides is 1. The van der Waals surface area contributed by atoms with Crippen molar-refractivity contribution < 1.29 is 13.7 Å². The van der Waals surface area contributed by atoms with E-state index in [1.165, 1.54) is 4.90 Å². The first-order valence-electron chi connectivity index (χ1n) is 7.37. The maximum absolute atomic E-state index is 12.4. The molecule has 0 saturated carbocycles. The van der Waals surface area contributed by atoms with Gasteiger partial charge in [0.2, 0.25) is 0 Å². The molecule has 0 aromatic carbocycles. The van der Waals surface area contributed by atoms with Crippen molar-refractivity contribution in [3.05, 3.63) is 59.9 Å². The topological polar surface area (TPSA) is 72.4 Å². The van der Waals surface area contributed by atoms with Gasteiger partial charge in [-0.3, -0.25) is 9.78 Å². The molecule has 124 valence electrons. The van der Waals surface area contributed by atoms with Gasteiger partial charge >= 0.3 is 0 Å². The summed E-state index contributed by atoms with van der Waals surface area (Å²) in [6.45, 7) is 0.303. The Morgan fingerprint density at radius 3 is 2.83 bits per heavy atom. The molecule has 0 saturated heterocycles. The normalized spacial score (nSPS) is 10.8. The summed E-state index contributed by atoms with van der Waals surface area (Å²) in [6, 6.07) is 10.9. The predicted octanol–water partition coefficient (Wildman–Crippen LogP) is 3.46. The van der Waals surface area contributed by atoms with Crippen molar-refractivity contribution in [2.45, 2.75) is 12.3 Å². The Labute approximate surface area is 143 Å². The molecule has 0 aliphatic rings. The summed E-state index contributed by atoms with van der Waals surface area (Å²) in [7, 11) is 1.70. The molecule has 24 heavy (non-hydrogen) atoms. The molecule has 0 atom stereocenters. The lowest BCUT2D eigenvalue weighted by atomic mass is 10.2. The van der Waals surface area contributed by atoms with Crippen LogP contribution in [0, 0.1) is 0 Å². The van der Waals surface area contributed by atoms with E-state index in [4.69, 9.17) is 8.94 Å². The van der Waals surface area contributed by atoms with Crippen LogP contribution in [0.15, 0.2) is 51.5 Å². The van der Waals surface area contributed by atoms with E-state index in [1.807, 2.05) is 30.5 Å². The second-order valence-electron chi connectivity index (χ2n) is 5.25. The third-order valence-corrected chi connectivity index (χ3v) is 3.96. The third kappa shape index (κ3) is 3.68. The molecule has 0 N–H and O–H groups in total. The zero-order valence-electron chi connectivity index (χ0n) is 13.4. The first-order chi connectivity index (χ1) is 11.7. The SMILES string of the molecule is CSCc1ccc(C(=O)N(C)Cc2cc(-c3ccccn3)no2)o1. The highest BCUT2D eigenvalue weighted by atomic mass is 32.2. The molecular formula is C17H17N3O3S. The molecule has 3 aromatic rings. The van der Waals surface area contributed by atoms with Gasteiger partial charge in [0.1, 0.15) is 11.5 Å². The maximum Gasteiger partial charge on any atom is 0.289 e. The number of aromatic nitrogens is 2. The number of rotatable bonds is 6. The number of furan rings is 1. The van der Waals surface area contributed by atoms with E-state index in [-0.39, 0.29) is 5.91 Å². The fraction of sp³-hybridized carbons (Fsp3) is 0.235. The highest BCUT2D eigenvalue weighted by Crippen LogP contribution is 2.19. The highest BCUT2D eigenvalue weighted by molar-refractivity contribution is 7.97. The van der Waals surface area contributed by atoms with Crippen molar-refractivity contribution in [1.29, 1.82) is 0 Å². The number of thioether (sulfide) groups is 1. The highest BCUT2D eigenvalue weighted by Gasteiger charge is 2.18. The summed E-state index contributed by atoms with van der Waals surface area (Å²) in [4.78, 5) is 18.2. The minimum Gasteiger partial charge on any atom is -0.455 e. The lowest BCUT2D eigenvalue weighted by molar-refractivity contribution is 0.0739. The fourth-order valence-electron chi connectivity index (χ4n) is 2.23. The largest absolute Gasteiger partial charge is 0.455 e. The standard InChI is InChI=1S/C17H17N3O3S/c1-20(17(21)16-7-6-12(22-16)11-24-2)10-13-9-15(19-23-13)14-5-3-4-8-18-14/h3-9H,10-11H2,1-2H3. The van der Waals surface area contributed by atoms with E-state index in [0.717, 1.165) is 17.2 Å². The molecule has 0 fully saturated rings. The Balaban J connectivity index is 1.67. The average Bonchev–Trinajstić information content (AvgIpc) is 3.25. The molecule has 0 radical (unpaired) electrons. The van der Waals surface area contributed by atoms with Crippen molar-refractivity contribution in [2.75, 3.05) is 13.3 Å². The van der Waals surface area contributed by atoms with Crippen LogP contribution >= 0.6 is 11.8 Å². The van der Waals surface area contributed by atoms with Crippen LogP contribution in [-0.2, 0) is 12.3 Å². The maximum atomic E-state index is 12.4. The van der Waals surface area contributed by atoms with E-state index in [9.17, 15) is 4.79 Å². The van der Waals surface area contributed by atoms with E-state index >= 15 is 0 Å². The molecule has 7 heteroatoms. The van der Waals surface area contributed by atoms with Gasteiger partial charge in [-0.05, 0) is 30.5 Å². The molecule has 0 aliphatic carbocycles. The van der Waals surface area contributed by atoms with Crippen molar-refractivity contribution in [3.8, 4) is 11.4 Å². The third-order valence-electron chi connectivity index (χ3n) is 3.39. The lowest BCUT2D eigenvalue weighted by Gasteiger charge is -2.13. The molecule has 0 bridgehead atoms. The second kappa shape index (κ2) is 7.35. The molecule has 0 spiro atoms. The van der Waals surface area contributed by atoms with E-state index in [2.05, 4.69) is 10.1 Å². The quantitative estimate of drug-likeness (QED) is 0.682. The first kappa shape index (κ1) is 16.3. The Morgan fingerprint density at radius 1 is 1.21 bits per heavy atom. The summed E-state index contributed by atoms with van der Waals surface area (Å²) < 4.78 is 10.9. The van der Waals surface area contributed by atoms with Crippen LogP contribution in [0.1, 0.15) is 22.1 Å². The fourth-order valence-corrected chi connectivity index (χ4v) is 2.67. The summed E-state index contributed by atoms with van der Waals surface area (Å²) >= 11 is 1.64. The van der Waals surface area contributed by atoms with Crippen LogP contribution in [0.2, 0.25) is 0 Å². The van der Waals surface area contributed by atoms with Gasteiger partial charge in [-0.15, -0.1) is 0 Å². The van der Waals surface area contributed by atoms with Gasteiger partial charge in [-0.25, -0.2) is 0 Å². The molecule has 0 aliphatic heterocycles. The van der Waals surface area contributed by atoms with Crippen molar-refractivity contribution in [2.24, 2.45) is 0 Å². The minimum atomic E-state index is -0.196. The van der Waals surface area contributed by atoms with E-state index in [1.54, 1.807) is 37.1 Å². The molecule has 1 amide bonds. The van der Waals surface area contributed by atoms with Crippen LogP contribution in [0.4, 0.5) is 0 Å². The Hall–Kier alpha value is -2.54. The zero-order chi connectivity index (χ0) is 16.9. The summed E-state index contributed by atoms with van der Waals surface area (Å²) in [6.07, 6.45) is 3.68. The lowest BCUT2D eigenvalue weighted by Crippen LogP contribution is -2.25. The van der Waals surface area contributed by atoms with Gasteiger partial charge in [-0.2, -0.15) is 11.8 Å². The van der Waals surface area contributed by atoms with Crippen LogP contribution in [-0.4, -0.2) is 34.3 Å². The number of pyridine rings is 1. The minimum absolute atomic E-state index is 0.196. The van der Waals surface area contributed by atoms with Crippen LogP contribution < -0.4 is 0 Å². The molecule has 3 heterocycles. The van der Waals surface area contributed by atoms with Gasteiger partial charge in [0.05, 0.1) is 18.0 Å². The van der Waals surface area contributed by atoms with Gasteiger partial charge in [0, 0.05) is 19.3 Å². The van der Waals surface area contributed by atoms with Crippen LogP contribution in [0.25, 0.3) is 11.4 Å². The van der Waals surface area contributed by atoms with Crippen molar-refractivity contribution >= 4 is 17.7 Å². The average molecular weight is 343 g/mol. The Bertz CT molecular complexity index is 813. The Kier molecular flexibility index (Phi) is 5.00. The van der Waals surface area contributed by atoms with Crippen molar-refractivity contribution in [1.82, 2.24) is 15.0 Å².